The third kappa shape index (κ3) is 4.19. The number of halogens is 7. The van der Waals surface area contributed by atoms with Crippen LogP contribution in [0.1, 0.15) is 17.2 Å². The van der Waals surface area contributed by atoms with Gasteiger partial charge in [-0.1, -0.05) is 12.1 Å². The molecular formula is C15H11F7N2O. The molecule has 0 saturated heterocycles. The summed E-state index contributed by atoms with van der Waals surface area (Å²) in [7, 11) is 1.20. The number of aromatic nitrogens is 1. The molecule has 0 aliphatic carbocycles. The number of pyridine rings is 1. The number of nitrogens with zero attached hydrogens (tertiary/aromatic N) is 1. The second-order valence-corrected chi connectivity index (χ2v) is 4.97. The lowest BCUT2D eigenvalue weighted by molar-refractivity contribution is -0.137. The molecule has 3 nitrogen and oxygen atoms in total. The van der Waals surface area contributed by atoms with Gasteiger partial charge >= 0.3 is 6.18 Å². The van der Waals surface area contributed by atoms with E-state index in [4.69, 9.17) is 4.74 Å². The number of nitrogens with one attached hydrogen (secondary N) is 1. The van der Waals surface area contributed by atoms with Crippen molar-refractivity contribution in [3.05, 3.63) is 58.9 Å². The van der Waals surface area contributed by atoms with Crippen molar-refractivity contribution in [2.75, 3.05) is 19.0 Å². The first-order chi connectivity index (χ1) is 11.6. The van der Waals surface area contributed by atoms with E-state index < -0.39 is 47.0 Å². The summed E-state index contributed by atoms with van der Waals surface area (Å²) in [5.74, 6) is -7.37. The highest BCUT2D eigenvalue weighted by Gasteiger charge is 2.31. The fourth-order valence-electron chi connectivity index (χ4n) is 2.11. The average Bonchev–Trinajstić information content (AvgIpc) is 2.55. The van der Waals surface area contributed by atoms with Crippen molar-refractivity contribution in [2.45, 2.75) is 12.2 Å². The van der Waals surface area contributed by atoms with E-state index in [0.29, 0.717) is 0 Å². The third-order valence-corrected chi connectivity index (χ3v) is 3.27. The van der Waals surface area contributed by atoms with Crippen LogP contribution in [0.4, 0.5) is 36.4 Å². The van der Waals surface area contributed by atoms with Gasteiger partial charge in [-0.25, -0.2) is 0 Å². The van der Waals surface area contributed by atoms with Crippen molar-refractivity contribution in [1.82, 2.24) is 4.98 Å². The number of ether oxygens (including phenoxy) is 1. The molecule has 0 spiro atoms. The van der Waals surface area contributed by atoms with Gasteiger partial charge < -0.3 is 10.1 Å². The highest BCUT2D eigenvalue weighted by Crippen LogP contribution is 2.32. The van der Waals surface area contributed by atoms with E-state index in [2.05, 4.69) is 10.3 Å². The number of methoxy groups -OCH3 is 1. The maximum absolute atomic E-state index is 13.7. The quantitative estimate of drug-likeness (QED) is 0.625. The van der Waals surface area contributed by atoms with Crippen LogP contribution in [-0.4, -0.2) is 18.7 Å². The third-order valence-electron chi connectivity index (χ3n) is 3.27. The van der Waals surface area contributed by atoms with Crippen molar-refractivity contribution >= 4 is 5.69 Å². The van der Waals surface area contributed by atoms with Crippen LogP contribution in [0.5, 0.6) is 0 Å². The Morgan fingerprint density at radius 2 is 1.68 bits per heavy atom. The molecule has 1 heterocycles. The van der Waals surface area contributed by atoms with E-state index in [9.17, 15) is 30.7 Å². The van der Waals surface area contributed by atoms with Gasteiger partial charge in [0.1, 0.15) is 5.69 Å². The Bertz CT molecular complexity index is 738. The minimum Gasteiger partial charge on any atom is -0.382 e. The molecule has 2 aromatic rings. The average molecular weight is 368 g/mol. The fraction of sp³-hybridized carbons (Fsp3) is 0.267. The van der Waals surface area contributed by atoms with Crippen LogP contribution >= 0.6 is 0 Å². The Morgan fingerprint density at radius 3 is 2.20 bits per heavy atom. The maximum atomic E-state index is 13.7. The van der Waals surface area contributed by atoms with Gasteiger partial charge in [0.15, 0.2) is 0 Å². The predicted molar refractivity (Wildman–Crippen MR) is 73.8 cm³/mol. The van der Waals surface area contributed by atoms with Crippen LogP contribution in [-0.2, 0) is 10.9 Å². The van der Waals surface area contributed by atoms with Gasteiger partial charge in [-0.15, -0.1) is 0 Å². The van der Waals surface area contributed by atoms with Crippen molar-refractivity contribution in [3.63, 3.8) is 0 Å². The first-order valence-corrected chi connectivity index (χ1v) is 6.77. The minimum atomic E-state index is -4.64. The predicted octanol–water partition coefficient (Wildman–Crippen LogP) is 4.46. The van der Waals surface area contributed by atoms with Crippen LogP contribution < -0.4 is 5.32 Å². The van der Waals surface area contributed by atoms with Gasteiger partial charge in [-0.05, 0) is 17.7 Å². The van der Waals surface area contributed by atoms with Gasteiger partial charge in [-0.3, -0.25) is 0 Å². The number of hydrogen-bond donors (Lipinski definition) is 1. The van der Waals surface area contributed by atoms with Gasteiger partial charge in [-0.2, -0.15) is 35.7 Å². The molecule has 1 aromatic carbocycles. The smallest absolute Gasteiger partial charge is 0.382 e. The Hall–Kier alpha value is -2.36. The summed E-state index contributed by atoms with van der Waals surface area (Å²) in [6.45, 7) is -0.328. The molecule has 2 rings (SSSR count). The zero-order valence-electron chi connectivity index (χ0n) is 12.6. The zero-order chi connectivity index (χ0) is 18.8. The molecule has 0 bridgehead atoms. The normalized spacial score (nSPS) is 13.0. The molecule has 1 aromatic heterocycles. The molecule has 0 amide bonds. The van der Waals surface area contributed by atoms with E-state index in [1.165, 1.54) is 13.2 Å². The first-order valence-electron chi connectivity index (χ1n) is 6.77. The lowest BCUT2D eigenvalue weighted by Gasteiger charge is -2.21. The summed E-state index contributed by atoms with van der Waals surface area (Å²) in [6.07, 6.45) is -4.64. The monoisotopic (exact) mass is 368 g/mol. The molecule has 0 aliphatic rings. The second-order valence-electron chi connectivity index (χ2n) is 4.97. The van der Waals surface area contributed by atoms with Crippen molar-refractivity contribution in [2.24, 2.45) is 0 Å². The Balaban J connectivity index is 2.44. The van der Waals surface area contributed by atoms with Gasteiger partial charge in [0, 0.05) is 7.11 Å². The molecule has 1 N–H and O–H groups in total. The first kappa shape index (κ1) is 19.0. The van der Waals surface area contributed by atoms with Crippen molar-refractivity contribution < 1.29 is 35.5 Å². The van der Waals surface area contributed by atoms with Crippen molar-refractivity contribution in [1.29, 1.82) is 0 Å². The van der Waals surface area contributed by atoms with Gasteiger partial charge in [0.05, 0.1) is 18.2 Å². The second kappa shape index (κ2) is 7.26. The minimum absolute atomic E-state index is 0.0481. The van der Waals surface area contributed by atoms with Crippen LogP contribution in [0.25, 0.3) is 0 Å². The van der Waals surface area contributed by atoms with Crippen molar-refractivity contribution in [3.8, 4) is 0 Å². The highest BCUT2D eigenvalue weighted by molar-refractivity contribution is 5.48. The number of benzene rings is 1. The maximum Gasteiger partial charge on any atom is 0.416 e. The number of anilines is 1. The molecule has 10 heteroatoms. The molecule has 0 fully saturated rings. The molecule has 0 aliphatic heterocycles. The van der Waals surface area contributed by atoms with E-state index in [1.807, 2.05) is 0 Å². The van der Waals surface area contributed by atoms with E-state index in [0.717, 1.165) is 18.2 Å². The lowest BCUT2D eigenvalue weighted by atomic mass is 10.0. The number of alkyl halides is 3. The zero-order valence-corrected chi connectivity index (χ0v) is 12.6. The van der Waals surface area contributed by atoms with Crippen LogP contribution in [0.3, 0.4) is 0 Å². The van der Waals surface area contributed by atoms with Crippen LogP contribution in [0.2, 0.25) is 0 Å². The van der Waals surface area contributed by atoms with E-state index >= 15 is 0 Å². The van der Waals surface area contributed by atoms with E-state index in [-0.39, 0.29) is 12.2 Å². The molecule has 1 unspecified atom stereocenters. The lowest BCUT2D eigenvalue weighted by Crippen LogP contribution is -2.20. The number of hydrogen-bond acceptors (Lipinski definition) is 3. The largest absolute Gasteiger partial charge is 0.416 e. The molecular weight excluding hydrogens is 357 g/mol. The van der Waals surface area contributed by atoms with Crippen LogP contribution in [0, 0.1) is 23.5 Å². The van der Waals surface area contributed by atoms with Gasteiger partial charge in [0.2, 0.25) is 11.6 Å². The molecule has 25 heavy (non-hydrogen) atoms. The summed E-state index contributed by atoms with van der Waals surface area (Å²) in [4.78, 5) is 2.40. The Morgan fingerprint density at radius 1 is 1.08 bits per heavy atom. The molecule has 0 radical (unpaired) electrons. The standard InChI is InChI=1S/C15H11F7N2O/c1-25-6-9(7-3-2-4-8(5-7)15(20,21)22)23-12-10(16)13(18)24-14(19)11(12)17/h2-5,9H,6H2,1H3,(H,23,24). The number of rotatable bonds is 5. The SMILES string of the molecule is COCC(Nc1c(F)c(F)nc(F)c1F)c1cccc(C(F)(F)F)c1. The van der Waals surface area contributed by atoms with Gasteiger partial charge in [0.25, 0.3) is 11.9 Å². The van der Waals surface area contributed by atoms with E-state index in [1.54, 1.807) is 0 Å². The highest BCUT2D eigenvalue weighted by atomic mass is 19.4. The summed E-state index contributed by atoms with van der Waals surface area (Å²) in [6, 6.07) is 2.66. The summed E-state index contributed by atoms with van der Waals surface area (Å²) >= 11 is 0. The summed E-state index contributed by atoms with van der Waals surface area (Å²) < 4.78 is 96.9. The van der Waals surface area contributed by atoms with Crippen LogP contribution in [0.15, 0.2) is 24.3 Å². The summed E-state index contributed by atoms with van der Waals surface area (Å²) in [5, 5.41) is 2.13. The Labute approximate surface area is 137 Å². The topological polar surface area (TPSA) is 34.1 Å². The fourth-order valence-corrected chi connectivity index (χ4v) is 2.11. The summed E-state index contributed by atoms with van der Waals surface area (Å²) in [5.41, 5.74) is -2.24. The molecule has 0 saturated carbocycles. The molecule has 1 atom stereocenters. The molecule has 136 valence electrons. The Kier molecular flexibility index (Phi) is 5.51.